The zero-order valence-corrected chi connectivity index (χ0v) is 28.1. The normalized spacial score (nSPS) is 21.4. The molecule has 0 saturated carbocycles. The molecule has 3 unspecified atom stereocenters. The third-order valence-electron chi connectivity index (χ3n) is 7.66. The molecule has 1 fully saturated rings. The number of carbonyl (C=O) groups excluding carboxylic acids is 1. The number of piperazine rings is 1. The lowest BCUT2D eigenvalue weighted by Crippen LogP contribution is -2.75. The number of nitrogens with one attached hydrogen (secondary N) is 1. The number of nitro groups is 1. The second-order valence-corrected chi connectivity index (χ2v) is 13.4. The second kappa shape index (κ2) is 16.2. The highest BCUT2D eigenvalue weighted by atomic mass is 35.5. The number of hydrogen-bond donors (Lipinski definition) is 2. The number of hydrogen-bond acceptors (Lipinski definition) is 10. The molecule has 0 radical (unpaired) electrons. The minimum Gasteiger partial charge on any atom is -0.366 e. The van der Waals surface area contributed by atoms with E-state index in [0.29, 0.717) is 38.4 Å². The molecule has 1 heterocycles. The molecule has 1 saturated heterocycles. The van der Waals surface area contributed by atoms with Crippen molar-refractivity contribution in [3.8, 4) is 0 Å². The Labute approximate surface area is 275 Å². The molecule has 44 heavy (non-hydrogen) atoms. The smallest absolute Gasteiger partial charge is 0.285 e. The minimum atomic E-state index is -4.51. The van der Waals surface area contributed by atoms with Crippen LogP contribution in [0.2, 0.25) is 0 Å². The molecule has 11 nitrogen and oxygen atoms in total. The summed E-state index contributed by atoms with van der Waals surface area (Å²) in [5.41, 5.74) is 3.77. The molecule has 1 aliphatic carbocycles. The van der Waals surface area contributed by atoms with Crippen LogP contribution in [0.1, 0.15) is 13.3 Å². The molecule has 3 N–H and O–H groups in total. The average molecular weight is 688 g/mol. The van der Waals surface area contributed by atoms with E-state index in [0.717, 1.165) is 4.90 Å². The van der Waals surface area contributed by atoms with Crippen molar-refractivity contribution in [2.45, 2.75) is 40.9 Å². The molecule has 0 aromatic heterocycles. The highest BCUT2D eigenvalue weighted by Crippen LogP contribution is 2.43. The quantitative estimate of drug-likeness (QED) is 0.194. The zero-order chi connectivity index (χ0) is 30.5. The number of primary amides is 1. The number of halogens is 2. The third kappa shape index (κ3) is 7.48. The molecule has 0 spiro atoms. The van der Waals surface area contributed by atoms with E-state index in [1.165, 1.54) is 18.2 Å². The number of hydrazine groups is 1. The Morgan fingerprint density at radius 3 is 2.18 bits per heavy atom. The van der Waals surface area contributed by atoms with Gasteiger partial charge in [-0.25, -0.2) is 18.4 Å². The maximum absolute atomic E-state index is 14.3. The number of thioether (sulfide) groups is 1. The van der Waals surface area contributed by atoms with Gasteiger partial charge in [0.05, 0.1) is 10.5 Å². The van der Waals surface area contributed by atoms with E-state index in [-0.39, 0.29) is 41.3 Å². The molecule has 1 amide bonds. The summed E-state index contributed by atoms with van der Waals surface area (Å²) in [6, 6.07) is 15.3. The molecule has 2 aromatic carbocycles. The first-order chi connectivity index (χ1) is 20.1. The summed E-state index contributed by atoms with van der Waals surface area (Å²) in [5.74, 6) is -0.456. The van der Waals surface area contributed by atoms with Gasteiger partial charge in [-0.15, -0.1) is 36.6 Å². The standard InChI is InChI=1S/C29H38N6O5S2.2ClH/c1-4-22(21-41-23-11-7-5-8-12-23)34(32(2)3)29(33-19-17-31-18-20-33)16-15-25(28(30)36)26(27(29)35(37)38)42(39,40)24-13-9-6-10-14-24;;/h5-16,22,27,31H,4,17-21H2,1-3H3,(H2,30,36);2*1H. The number of nitrogens with two attached hydrogens (primary N) is 1. The second-order valence-electron chi connectivity index (χ2n) is 10.4. The van der Waals surface area contributed by atoms with Gasteiger partial charge in [0.2, 0.25) is 15.7 Å². The SMILES string of the molecule is CCC(CSc1ccccc1)N(N(C)C)C1(N2CCNCC2)C=CC(C(N)=O)=C(S(=O)(=O)c2ccccc2)C1[N+](=O)[O-].Cl.Cl. The van der Waals surface area contributed by atoms with Gasteiger partial charge in [-0.1, -0.05) is 43.3 Å². The van der Waals surface area contributed by atoms with Gasteiger partial charge in [-0.3, -0.25) is 19.8 Å². The van der Waals surface area contributed by atoms with Gasteiger partial charge >= 0.3 is 0 Å². The maximum atomic E-state index is 14.3. The van der Waals surface area contributed by atoms with Crippen LogP contribution in [0.4, 0.5) is 0 Å². The lowest BCUT2D eigenvalue weighted by atomic mass is 9.87. The van der Waals surface area contributed by atoms with Crippen molar-refractivity contribution in [1.29, 1.82) is 0 Å². The fourth-order valence-electron chi connectivity index (χ4n) is 5.85. The van der Waals surface area contributed by atoms with E-state index in [9.17, 15) is 23.3 Å². The lowest BCUT2D eigenvalue weighted by molar-refractivity contribution is -0.537. The lowest BCUT2D eigenvalue weighted by Gasteiger charge is -2.56. The summed E-state index contributed by atoms with van der Waals surface area (Å²) >= 11 is 1.63. The Morgan fingerprint density at radius 1 is 1.11 bits per heavy atom. The van der Waals surface area contributed by atoms with Crippen molar-refractivity contribution in [2.24, 2.45) is 5.73 Å². The Bertz CT molecular complexity index is 1440. The number of rotatable bonds is 12. The molecular weight excluding hydrogens is 647 g/mol. The predicted octanol–water partition coefficient (Wildman–Crippen LogP) is 3.21. The highest BCUT2D eigenvalue weighted by Gasteiger charge is 2.62. The first-order valence-corrected chi connectivity index (χ1v) is 16.3. The Hall–Kier alpha value is -2.49. The van der Waals surface area contributed by atoms with Crippen LogP contribution in [0.15, 0.2) is 93.1 Å². The summed E-state index contributed by atoms with van der Waals surface area (Å²) in [6.07, 6.45) is 3.61. The summed E-state index contributed by atoms with van der Waals surface area (Å²) in [5, 5.41) is 20.3. The molecule has 242 valence electrons. The number of amides is 1. The van der Waals surface area contributed by atoms with Gasteiger partial charge in [0.15, 0.2) is 5.66 Å². The van der Waals surface area contributed by atoms with E-state index in [2.05, 4.69) is 5.32 Å². The van der Waals surface area contributed by atoms with Crippen LogP contribution in [0, 0.1) is 10.1 Å². The van der Waals surface area contributed by atoms with Crippen LogP contribution in [0.3, 0.4) is 0 Å². The van der Waals surface area contributed by atoms with Crippen molar-refractivity contribution >= 4 is 52.3 Å². The predicted molar refractivity (Wildman–Crippen MR) is 178 cm³/mol. The van der Waals surface area contributed by atoms with Gasteiger partial charge in [-0.05, 0) is 42.8 Å². The summed E-state index contributed by atoms with van der Waals surface area (Å²) in [4.78, 5) is 27.8. The van der Waals surface area contributed by atoms with Gasteiger partial charge in [-0.2, -0.15) is 0 Å². The number of nitrogens with zero attached hydrogens (tertiary/aromatic N) is 4. The molecular formula is C29H40Cl2N6O5S2. The largest absolute Gasteiger partial charge is 0.366 e. The Balaban J connectivity index is 0.00000337. The van der Waals surface area contributed by atoms with Gasteiger partial charge in [0.1, 0.15) is 4.91 Å². The van der Waals surface area contributed by atoms with E-state index < -0.39 is 37.3 Å². The Morgan fingerprint density at radius 2 is 1.68 bits per heavy atom. The van der Waals surface area contributed by atoms with Gasteiger partial charge in [0, 0.05) is 61.9 Å². The number of benzene rings is 2. The van der Waals surface area contributed by atoms with Crippen molar-refractivity contribution in [2.75, 3.05) is 46.0 Å². The fraction of sp³-hybridized carbons (Fsp3) is 0.414. The van der Waals surface area contributed by atoms with Crippen LogP contribution < -0.4 is 11.1 Å². The van der Waals surface area contributed by atoms with E-state index in [1.807, 2.05) is 66.3 Å². The molecule has 1 aliphatic heterocycles. The molecule has 0 bridgehead atoms. The van der Waals surface area contributed by atoms with E-state index in [1.54, 1.807) is 36.0 Å². The van der Waals surface area contributed by atoms with E-state index in [4.69, 9.17) is 5.73 Å². The van der Waals surface area contributed by atoms with Crippen LogP contribution >= 0.6 is 36.6 Å². The van der Waals surface area contributed by atoms with Crippen LogP contribution in [-0.4, -0.2) is 97.9 Å². The maximum Gasteiger partial charge on any atom is 0.285 e. The van der Waals surface area contributed by atoms with Gasteiger partial charge in [0.25, 0.3) is 6.04 Å². The first-order valence-electron chi connectivity index (χ1n) is 13.8. The molecule has 4 rings (SSSR count). The number of carbonyl (C=O) groups is 1. The monoisotopic (exact) mass is 686 g/mol. The van der Waals surface area contributed by atoms with E-state index >= 15 is 0 Å². The average Bonchev–Trinajstić information content (AvgIpc) is 2.99. The molecule has 3 atom stereocenters. The van der Waals surface area contributed by atoms with Crippen molar-refractivity contribution in [1.82, 2.24) is 20.2 Å². The van der Waals surface area contributed by atoms with Crippen LogP contribution in [-0.2, 0) is 14.6 Å². The third-order valence-corrected chi connectivity index (χ3v) is 10.7. The highest BCUT2D eigenvalue weighted by molar-refractivity contribution is 7.99. The zero-order valence-electron chi connectivity index (χ0n) is 24.9. The van der Waals surface area contributed by atoms with Crippen molar-refractivity contribution in [3.05, 3.63) is 93.4 Å². The minimum absolute atomic E-state index is 0. The molecule has 15 heteroatoms. The summed E-state index contributed by atoms with van der Waals surface area (Å²) < 4.78 is 28.5. The fourth-order valence-corrected chi connectivity index (χ4v) is 8.74. The van der Waals surface area contributed by atoms with Crippen LogP contribution in [0.5, 0.6) is 0 Å². The summed E-state index contributed by atoms with van der Waals surface area (Å²) in [6.45, 7) is 3.98. The van der Waals surface area contributed by atoms with Crippen LogP contribution in [0.25, 0.3) is 0 Å². The van der Waals surface area contributed by atoms with Crippen molar-refractivity contribution < 1.29 is 18.1 Å². The van der Waals surface area contributed by atoms with Gasteiger partial charge < -0.3 is 11.1 Å². The number of sulfone groups is 1. The molecule has 2 aromatic rings. The first kappa shape index (κ1) is 37.7. The topological polar surface area (TPSA) is 142 Å². The molecule has 2 aliphatic rings. The van der Waals surface area contributed by atoms with Crippen molar-refractivity contribution in [3.63, 3.8) is 0 Å². The Kier molecular flexibility index (Phi) is 13.9. The summed E-state index contributed by atoms with van der Waals surface area (Å²) in [7, 11) is -0.896.